The molecule has 17 heavy (non-hydrogen) atoms. The van der Waals surface area contributed by atoms with Gasteiger partial charge in [-0.3, -0.25) is 4.79 Å². The molecule has 1 aliphatic rings. The topological polar surface area (TPSA) is 37.3 Å². The second-order valence-corrected chi connectivity index (χ2v) is 4.56. The zero-order valence-corrected chi connectivity index (χ0v) is 9.25. The highest BCUT2D eigenvalue weighted by Crippen LogP contribution is 2.59. The number of aliphatic carboxylic acids is 1. The maximum Gasteiger partial charge on any atom is 0.442 e. The van der Waals surface area contributed by atoms with Gasteiger partial charge in [-0.25, -0.2) is 4.39 Å². The first-order chi connectivity index (χ1) is 7.58. The van der Waals surface area contributed by atoms with Crippen LogP contribution in [0.3, 0.4) is 0 Å². The van der Waals surface area contributed by atoms with Crippen molar-refractivity contribution in [3.63, 3.8) is 0 Å². The van der Waals surface area contributed by atoms with Crippen LogP contribution in [0.5, 0.6) is 0 Å². The van der Waals surface area contributed by atoms with Crippen LogP contribution in [0, 0.1) is 17.3 Å². The molecule has 0 radical (unpaired) electrons. The molecule has 1 saturated carbocycles. The van der Waals surface area contributed by atoms with Gasteiger partial charge in [0, 0.05) is 0 Å². The summed E-state index contributed by atoms with van der Waals surface area (Å²) in [5.74, 6) is -4.18. The van der Waals surface area contributed by atoms with Crippen LogP contribution in [0.15, 0.2) is 24.1 Å². The van der Waals surface area contributed by atoms with Gasteiger partial charge in [0.2, 0.25) is 5.83 Å². The van der Waals surface area contributed by atoms with Gasteiger partial charge in [0.05, 0.1) is 5.92 Å². The van der Waals surface area contributed by atoms with E-state index in [1.807, 2.05) is 0 Å². The van der Waals surface area contributed by atoms with E-state index in [0.29, 0.717) is 6.08 Å². The monoisotopic (exact) mass is 252 g/mol. The van der Waals surface area contributed by atoms with E-state index in [-0.39, 0.29) is 5.92 Å². The number of hydrogen-bond donors (Lipinski definition) is 1. The Balaban J connectivity index is 2.67. The van der Waals surface area contributed by atoms with Crippen LogP contribution < -0.4 is 0 Å². The van der Waals surface area contributed by atoms with Crippen LogP contribution >= 0.6 is 0 Å². The van der Waals surface area contributed by atoms with Gasteiger partial charge >= 0.3 is 12.1 Å². The van der Waals surface area contributed by atoms with E-state index in [9.17, 15) is 22.4 Å². The minimum absolute atomic E-state index is 0.299. The smallest absolute Gasteiger partial charge is 0.442 e. The van der Waals surface area contributed by atoms with Crippen LogP contribution in [-0.4, -0.2) is 17.3 Å². The predicted octanol–water partition coefficient (Wildman–Crippen LogP) is 3.32. The Labute approximate surface area is 95.6 Å². The van der Waals surface area contributed by atoms with Crippen molar-refractivity contribution in [1.82, 2.24) is 0 Å². The van der Waals surface area contributed by atoms with Crippen LogP contribution in [0.25, 0.3) is 0 Å². The SMILES string of the molecule is CC1(C)C(/C=C\C=C(\F)C(F)(F)F)C1C(=O)O. The van der Waals surface area contributed by atoms with Crippen molar-refractivity contribution in [2.24, 2.45) is 17.3 Å². The molecule has 96 valence electrons. The summed E-state index contributed by atoms with van der Waals surface area (Å²) in [4.78, 5) is 10.7. The first kappa shape index (κ1) is 13.7. The van der Waals surface area contributed by atoms with Crippen molar-refractivity contribution < 1.29 is 27.5 Å². The lowest BCUT2D eigenvalue weighted by Gasteiger charge is -2.00. The molecule has 2 atom stereocenters. The largest absolute Gasteiger partial charge is 0.481 e. The van der Waals surface area contributed by atoms with Gasteiger partial charge in [-0.05, 0) is 17.4 Å². The Morgan fingerprint density at radius 2 is 1.88 bits per heavy atom. The normalized spacial score (nSPS) is 28.5. The van der Waals surface area contributed by atoms with E-state index >= 15 is 0 Å². The number of carbonyl (C=O) groups is 1. The maximum absolute atomic E-state index is 12.4. The molecule has 0 amide bonds. The van der Waals surface area contributed by atoms with Crippen molar-refractivity contribution in [3.05, 3.63) is 24.1 Å². The molecule has 0 heterocycles. The molecule has 1 fully saturated rings. The highest BCUT2D eigenvalue weighted by Gasteiger charge is 2.60. The molecule has 2 unspecified atom stereocenters. The number of alkyl halides is 3. The third-order valence-corrected chi connectivity index (χ3v) is 3.01. The van der Waals surface area contributed by atoms with E-state index < -0.39 is 29.3 Å². The molecule has 0 saturated heterocycles. The molecule has 0 aromatic rings. The quantitative estimate of drug-likeness (QED) is 0.618. The number of carboxylic acids is 1. The number of carboxylic acid groups (broad SMARTS) is 1. The fourth-order valence-corrected chi connectivity index (χ4v) is 1.86. The first-order valence-electron chi connectivity index (χ1n) is 4.92. The summed E-state index contributed by atoms with van der Waals surface area (Å²) >= 11 is 0. The second kappa shape index (κ2) is 4.16. The Bertz CT molecular complexity index is 379. The fraction of sp³-hybridized carbons (Fsp3) is 0.545. The van der Waals surface area contributed by atoms with Crippen LogP contribution in [0.2, 0.25) is 0 Å². The van der Waals surface area contributed by atoms with Crippen molar-refractivity contribution in [1.29, 1.82) is 0 Å². The summed E-state index contributed by atoms with van der Waals surface area (Å²) in [6.07, 6.45) is -2.48. The van der Waals surface area contributed by atoms with Crippen molar-refractivity contribution in [2.75, 3.05) is 0 Å². The summed E-state index contributed by atoms with van der Waals surface area (Å²) in [6.45, 7) is 3.40. The van der Waals surface area contributed by atoms with E-state index in [4.69, 9.17) is 5.11 Å². The summed E-state index contributed by atoms with van der Waals surface area (Å²) < 4.78 is 47.7. The Morgan fingerprint density at radius 3 is 2.24 bits per heavy atom. The van der Waals surface area contributed by atoms with Crippen molar-refractivity contribution in [3.8, 4) is 0 Å². The zero-order valence-electron chi connectivity index (χ0n) is 9.25. The fourth-order valence-electron chi connectivity index (χ4n) is 1.86. The number of halogens is 4. The lowest BCUT2D eigenvalue weighted by atomic mass is 10.1. The predicted molar refractivity (Wildman–Crippen MR) is 52.8 cm³/mol. The lowest BCUT2D eigenvalue weighted by molar-refractivity contribution is -0.139. The van der Waals surface area contributed by atoms with Gasteiger partial charge in [0.1, 0.15) is 0 Å². The molecule has 0 aromatic heterocycles. The minimum atomic E-state index is -4.99. The van der Waals surface area contributed by atoms with Gasteiger partial charge in [0.15, 0.2) is 0 Å². The van der Waals surface area contributed by atoms with Crippen molar-refractivity contribution in [2.45, 2.75) is 20.0 Å². The van der Waals surface area contributed by atoms with Crippen LogP contribution in [-0.2, 0) is 4.79 Å². The molecule has 1 aliphatic carbocycles. The molecular formula is C11H12F4O2. The molecular weight excluding hydrogens is 240 g/mol. The second-order valence-electron chi connectivity index (χ2n) is 4.56. The van der Waals surface area contributed by atoms with E-state index in [2.05, 4.69) is 0 Å². The Kier molecular flexibility index (Phi) is 3.36. The van der Waals surface area contributed by atoms with E-state index in [1.54, 1.807) is 13.8 Å². The highest BCUT2D eigenvalue weighted by molar-refractivity contribution is 5.76. The Hall–Kier alpha value is -1.33. The molecule has 0 aromatic carbocycles. The van der Waals surface area contributed by atoms with Crippen LogP contribution in [0.1, 0.15) is 13.8 Å². The minimum Gasteiger partial charge on any atom is -0.481 e. The Morgan fingerprint density at radius 1 is 1.35 bits per heavy atom. The molecule has 2 nitrogen and oxygen atoms in total. The lowest BCUT2D eigenvalue weighted by Crippen LogP contribution is -2.07. The van der Waals surface area contributed by atoms with Gasteiger partial charge in [-0.1, -0.05) is 26.0 Å². The summed E-state index contributed by atoms with van der Waals surface area (Å²) in [5, 5.41) is 8.79. The van der Waals surface area contributed by atoms with E-state index in [0.717, 1.165) is 6.08 Å². The number of rotatable bonds is 3. The third kappa shape index (κ3) is 2.87. The summed E-state index contributed by atoms with van der Waals surface area (Å²) in [6, 6.07) is 0. The van der Waals surface area contributed by atoms with Gasteiger partial charge < -0.3 is 5.11 Å². The summed E-state index contributed by atoms with van der Waals surface area (Å²) in [7, 11) is 0. The van der Waals surface area contributed by atoms with Gasteiger partial charge in [-0.2, -0.15) is 13.2 Å². The number of hydrogen-bond acceptors (Lipinski definition) is 1. The molecule has 1 rings (SSSR count). The third-order valence-electron chi connectivity index (χ3n) is 3.01. The van der Waals surface area contributed by atoms with Gasteiger partial charge in [0.25, 0.3) is 0 Å². The summed E-state index contributed by atoms with van der Waals surface area (Å²) in [5.41, 5.74) is -0.495. The molecule has 6 heteroatoms. The average molecular weight is 252 g/mol. The average Bonchev–Trinajstić information content (AvgIpc) is 2.66. The zero-order chi connectivity index (χ0) is 13.4. The molecule has 0 aliphatic heterocycles. The van der Waals surface area contributed by atoms with E-state index in [1.165, 1.54) is 6.08 Å². The molecule has 0 spiro atoms. The van der Waals surface area contributed by atoms with Gasteiger partial charge in [-0.15, -0.1) is 0 Å². The van der Waals surface area contributed by atoms with Crippen LogP contribution in [0.4, 0.5) is 17.6 Å². The molecule has 0 bridgehead atoms. The maximum atomic E-state index is 12.4. The standard InChI is InChI=1S/C11H12F4O2/c1-10(2)6(8(10)9(16)17)4-3-5-7(12)11(13,14)15/h3-6,8H,1-2H3,(H,16,17)/b4-3-,7-5+. The first-order valence-corrected chi connectivity index (χ1v) is 4.92. The highest BCUT2D eigenvalue weighted by atomic mass is 19.4. The van der Waals surface area contributed by atoms with Crippen molar-refractivity contribution >= 4 is 5.97 Å². The number of allylic oxidation sites excluding steroid dienone is 4. The molecule has 1 N–H and O–H groups in total.